The van der Waals surface area contributed by atoms with Crippen LogP contribution in [0.5, 0.6) is 0 Å². The number of thiazole rings is 1. The molecule has 0 bridgehead atoms. The van der Waals surface area contributed by atoms with Gasteiger partial charge in [-0.2, -0.15) is 0 Å². The van der Waals surface area contributed by atoms with Crippen molar-refractivity contribution in [3.8, 4) is 10.6 Å². The first kappa shape index (κ1) is 11.3. The molecule has 2 aromatic rings. The zero-order chi connectivity index (χ0) is 11.7. The lowest BCUT2D eigenvalue weighted by atomic mass is 10.1. The zero-order valence-corrected chi connectivity index (χ0v) is 9.99. The highest BCUT2D eigenvalue weighted by Gasteiger charge is 2.11. The maximum absolute atomic E-state index is 13.4. The predicted molar refractivity (Wildman–Crippen MR) is 65.1 cm³/mol. The van der Waals surface area contributed by atoms with Crippen LogP contribution >= 0.6 is 22.9 Å². The Balaban J connectivity index is 2.51. The van der Waals surface area contributed by atoms with Gasteiger partial charge in [0.05, 0.1) is 5.02 Å². The largest absolute Gasteiger partial charge is 0.308 e. The average Bonchev–Trinajstić information content (AvgIpc) is 2.71. The molecule has 0 atom stereocenters. The van der Waals surface area contributed by atoms with Crippen LogP contribution in [0.2, 0.25) is 5.02 Å². The van der Waals surface area contributed by atoms with Crippen molar-refractivity contribution in [1.82, 2.24) is 4.98 Å². The molecule has 1 heterocycles. The van der Waals surface area contributed by atoms with Crippen LogP contribution in [0.3, 0.4) is 0 Å². The molecule has 0 fully saturated rings. The van der Waals surface area contributed by atoms with Gasteiger partial charge < -0.3 is 5.43 Å². The van der Waals surface area contributed by atoms with Crippen molar-refractivity contribution in [2.75, 3.05) is 5.43 Å². The summed E-state index contributed by atoms with van der Waals surface area (Å²) < 4.78 is 13.4. The Kier molecular flexibility index (Phi) is 3.09. The van der Waals surface area contributed by atoms with Gasteiger partial charge in [0.15, 0.2) is 5.82 Å². The van der Waals surface area contributed by atoms with Crippen molar-refractivity contribution in [1.29, 1.82) is 0 Å². The Morgan fingerprint density at radius 3 is 2.88 bits per heavy atom. The SMILES string of the molecule is Cc1cc(Cl)c(-c2nc(NN)cs2)cc1F. The number of benzene rings is 1. The summed E-state index contributed by atoms with van der Waals surface area (Å²) >= 11 is 7.39. The van der Waals surface area contributed by atoms with Crippen LogP contribution < -0.4 is 11.3 Å². The lowest BCUT2D eigenvalue weighted by Gasteiger charge is -2.03. The van der Waals surface area contributed by atoms with Crippen LogP contribution in [-0.4, -0.2) is 4.98 Å². The number of nitrogens with two attached hydrogens (primary N) is 1. The number of hydrogen-bond donors (Lipinski definition) is 2. The van der Waals surface area contributed by atoms with E-state index in [0.29, 0.717) is 27.0 Å². The molecule has 0 saturated carbocycles. The summed E-state index contributed by atoms with van der Waals surface area (Å²) in [7, 11) is 0. The molecule has 3 N–H and O–H groups in total. The third-order valence-electron chi connectivity index (χ3n) is 2.13. The summed E-state index contributed by atoms with van der Waals surface area (Å²) in [5.74, 6) is 5.46. The van der Waals surface area contributed by atoms with Crippen LogP contribution in [-0.2, 0) is 0 Å². The number of aryl methyl sites for hydroxylation is 1. The van der Waals surface area contributed by atoms with E-state index in [9.17, 15) is 4.39 Å². The van der Waals surface area contributed by atoms with Crippen molar-refractivity contribution >= 4 is 28.8 Å². The first-order valence-electron chi connectivity index (χ1n) is 4.50. The maximum Gasteiger partial charge on any atom is 0.151 e. The number of hydrogen-bond acceptors (Lipinski definition) is 4. The molecule has 0 aliphatic carbocycles. The minimum absolute atomic E-state index is 0.295. The number of anilines is 1. The monoisotopic (exact) mass is 257 g/mol. The van der Waals surface area contributed by atoms with Crippen LogP contribution in [0.25, 0.3) is 10.6 Å². The van der Waals surface area contributed by atoms with Gasteiger partial charge in [0.2, 0.25) is 0 Å². The molecule has 0 spiro atoms. The van der Waals surface area contributed by atoms with E-state index in [-0.39, 0.29) is 5.82 Å². The molecule has 2 rings (SSSR count). The second-order valence-electron chi connectivity index (χ2n) is 3.26. The van der Waals surface area contributed by atoms with E-state index < -0.39 is 0 Å². The molecule has 6 heteroatoms. The van der Waals surface area contributed by atoms with Crippen molar-refractivity contribution in [3.05, 3.63) is 33.9 Å². The molecule has 0 aliphatic rings. The molecule has 16 heavy (non-hydrogen) atoms. The lowest BCUT2D eigenvalue weighted by Crippen LogP contribution is -2.06. The molecule has 0 radical (unpaired) electrons. The first-order chi connectivity index (χ1) is 7.61. The quantitative estimate of drug-likeness (QED) is 0.642. The summed E-state index contributed by atoms with van der Waals surface area (Å²) in [6, 6.07) is 2.97. The average molecular weight is 258 g/mol. The number of rotatable bonds is 2. The number of nitrogen functional groups attached to an aromatic ring is 1. The van der Waals surface area contributed by atoms with Gasteiger partial charge in [0.25, 0.3) is 0 Å². The number of nitrogens with one attached hydrogen (secondary N) is 1. The number of aromatic nitrogens is 1. The van der Waals surface area contributed by atoms with Crippen LogP contribution in [0.1, 0.15) is 5.56 Å². The third kappa shape index (κ3) is 2.02. The molecular weight excluding hydrogens is 249 g/mol. The minimum Gasteiger partial charge on any atom is -0.308 e. The Hall–Kier alpha value is -1.17. The summed E-state index contributed by atoms with van der Waals surface area (Å²) in [5.41, 5.74) is 3.52. The minimum atomic E-state index is -0.295. The fourth-order valence-electron chi connectivity index (χ4n) is 1.27. The fourth-order valence-corrected chi connectivity index (χ4v) is 2.43. The smallest absolute Gasteiger partial charge is 0.151 e. The molecule has 84 valence electrons. The van der Waals surface area contributed by atoms with Gasteiger partial charge in [-0.1, -0.05) is 11.6 Å². The highest BCUT2D eigenvalue weighted by atomic mass is 35.5. The highest BCUT2D eigenvalue weighted by molar-refractivity contribution is 7.13. The van der Waals surface area contributed by atoms with Gasteiger partial charge in [-0.3, -0.25) is 0 Å². The topological polar surface area (TPSA) is 50.9 Å². The van der Waals surface area contributed by atoms with E-state index >= 15 is 0 Å². The van der Waals surface area contributed by atoms with E-state index in [4.69, 9.17) is 17.4 Å². The Bertz CT molecular complexity index is 527. The summed E-state index contributed by atoms with van der Waals surface area (Å²) in [4.78, 5) is 4.16. The van der Waals surface area contributed by atoms with E-state index in [2.05, 4.69) is 10.4 Å². The summed E-state index contributed by atoms with van der Waals surface area (Å²) in [6.07, 6.45) is 0. The van der Waals surface area contributed by atoms with Gasteiger partial charge in [0.1, 0.15) is 10.8 Å². The third-order valence-corrected chi connectivity index (χ3v) is 3.32. The Morgan fingerprint density at radius 2 is 2.25 bits per heavy atom. The lowest BCUT2D eigenvalue weighted by molar-refractivity contribution is 0.619. The van der Waals surface area contributed by atoms with Crippen LogP contribution in [0.4, 0.5) is 10.2 Å². The first-order valence-corrected chi connectivity index (χ1v) is 5.75. The van der Waals surface area contributed by atoms with Crippen molar-refractivity contribution < 1.29 is 4.39 Å². The van der Waals surface area contributed by atoms with Gasteiger partial charge in [-0.15, -0.1) is 11.3 Å². The fraction of sp³-hybridized carbons (Fsp3) is 0.100. The standard InChI is InChI=1S/C10H9ClFN3S/c1-5-2-7(11)6(3-8(5)12)10-14-9(15-13)4-16-10/h2-4,15H,13H2,1H3. The molecule has 1 aromatic carbocycles. The van der Waals surface area contributed by atoms with E-state index in [1.807, 2.05) is 0 Å². The normalized spacial score (nSPS) is 10.5. The molecular formula is C10H9ClFN3S. The second-order valence-corrected chi connectivity index (χ2v) is 4.53. The van der Waals surface area contributed by atoms with E-state index in [0.717, 1.165) is 0 Å². The molecule has 3 nitrogen and oxygen atoms in total. The molecule has 0 amide bonds. The van der Waals surface area contributed by atoms with E-state index in [1.165, 1.54) is 17.4 Å². The van der Waals surface area contributed by atoms with E-state index in [1.54, 1.807) is 18.4 Å². The van der Waals surface area contributed by atoms with Crippen molar-refractivity contribution in [2.45, 2.75) is 6.92 Å². The predicted octanol–water partition coefficient (Wildman–Crippen LogP) is 3.20. The Labute approximate surface area is 101 Å². The highest BCUT2D eigenvalue weighted by Crippen LogP contribution is 2.33. The van der Waals surface area contributed by atoms with Crippen LogP contribution in [0, 0.1) is 12.7 Å². The van der Waals surface area contributed by atoms with Gasteiger partial charge >= 0.3 is 0 Å². The van der Waals surface area contributed by atoms with Gasteiger partial charge in [0, 0.05) is 10.9 Å². The second kappa shape index (κ2) is 4.37. The van der Waals surface area contributed by atoms with Crippen molar-refractivity contribution in [3.63, 3.8) is 0 Å². The van der Waals surface area contributed by atoms with Crippen LogP contribution in [0.15, 0.2) is 17.5 Å². The van der Waals surface area contributed by atoms with Gasteiger partial charge in [-0.25, -0.2) is 15.2 Å². The molecule has 0 unspecified atom stereocenters. The van der Waals surface area contributed by atoms with Gasteiger partial charge in [-0.05, 0) is 24.6 Å². The molecule has 1 aromatic heterocycles. The van der Waals surface area contributed by atoms with Crippen molar-refractivity contribution in [2.24, 2.45) is 5.84 Å². The Morgan fingerprint density at radius 1 is 1.50 bits per heavy atom. The summed E-state index contributed by atoms with van der Waals surface area (Å²) in [6.45, 7) is 1.67. The molecule has 0 aliphatic heterocycles. The number of nitrogens with zero attached hydrogens (tertiary/aromatic N) is 1. The maximum atomic E-state index is 13.4. The number of halogens is 2. The number of hydrazine groups is 1. The molecule has 0 saturated heterocycles. The summed E-state index contributed by atoms with van der Waals surface area (Å²) in [5, 5.41) is 2.86. The zero-order valence-electron chi connectivity index (χ0n) is 8.42.